The number of nitrogens with two attached hydrogens (primary N) is 1. The quantitative estimate of drug-likeness (QED) is 0.600. The summed E-state index contributed by atoms with van der Waals surface area (Å²) < 4.78 is 0. The van der Waals surface area contributed by atoms with Crippen molar-refractivity contribution in [1.29, 1.82) is 0 Å². The molecule has 0 radical (unpaired) electrons. The Hall–Kier alpha value is -2.93. The molecule has 0 spiro atoms. The first-order valence-electron chi connectivity index (χ1n) is 7.43. The van der Waals surface area contributed by atoms with E-state index in [1.54, 1.807) is 0 Å². The average Bonchev–Trinajstić information content (AvgIpc) is 2.55. The summed E-state index contributed by atoms with van der Waals surface area (Å²) in [5.74, 6) is -0.694. The van der Waals surface area contributed by atoms with E-state index in [-0.39, 0.29) is 17.3 Å². The monoisotopic (exact) mass is 328 g/mol. The van der Waals surface area contributed by atoms with Crippen molar-refractivity contribution in [3.8, 4) is 0 Å². The minimum atomic E-state index is -0.694. The predicted octanol–water partition coefficient (Wildman–Crippen LogP) is 2.41. The van der Waals surface area contributed by atoms with Gasteiger partial charge in [0.1, 0.15) is 5.69 Å². The van der Waals surface area contributed by atoms with Gasteiger partial charge in [0.25, 0.3) is 5.69 Å². The molecule has 126 valence electrons. The highest BCUT2D eigenvalue weighted by Gasteiger charge is 2.19. The molecule has 0 aliphatic carbocycles. The molecule has 7 heteroatoms. The fraction of sp³-hybridized carbons (Fsp3) is 0.235. The molecule has 0 unspecified atom stereocenters. The average molecular weight is 328 g/mol. The molecule has 1 amide bonds. The van der Waals surface area contributed by atoms with Crippen molar-refractivity contribution < 1.29 is 9.72 Å². The third-order valence-corrected chi connectivity index (χ3v) is 3.77. The number of likely N-dealkylation sites (N-methyl/N-ethyl adjacent to an activating group) is 1. The molecular weight excluding hydrogens is 308 g/mol. The maximum atomic E-state index is 11.2. The first kappa shape index (κ1) is 17.4. The topological polar surface area (TPSA) is 102 Å². The predicted molar refractivity (Wildman–Crippen MR) is 93.0 cm³/mol. The van der Waals surface area contributed by atoms with Crippen molar-refractivity contribution in [2.45, 2.75) is 6.04 Å². The molecule has 0 saturated carbocycles. The van der Waals surface area contributed by atoms with Gasteiger partial charge in [-0.2, -0.15) is 0 Å². The van der Waals surface area contributed by atoms with E-state index in [1.807, 2.05) is 49.3 Å². The summed E-state index contributed by atoms with van der Waals surface area (Å²) in [5, 5.41) is 14.4. The van der Waals surface area contributed by atoms with Crippen LogP contribution in [0.4, 0.5) is 11.4 Å². The number of nitro groups is 1. The van der Waals surface area contributed by atoms with Gasteiger partial charge in [0.05, 0.1) is 11.0 Å². The number of nitrogens with zero attached hydrogens (tertiary/aromatic N) is 2. The molecule has 1 atom stereocenters. The van der Waals surface area contributed by atoms with E-state index in [0.717, 1.165) is 5.56 Å². The molecule has 0 aliphatic rings. The van der Waals surface area contributed by atoms with Crippen LogP contribution < -0.4 is 11.1 Å². The molecule has 0 aliphatic heterocycles. The number of benzene rings is 2. The fourth-order valence-corrected chi connectivity index (χ4v) is 2.47. The second-order valence-corrected chi connectivity index (χ2v) is 5.62. The van der Waals surface area contributed by atoms with Crippen molar-refractivity contribution in [2.24, 2.45) is 5.73 Å². The van der Waals surface area contributed by atoms with Crippen LogP contribution in [0, 0.1) is 10.1 Å². The molecule has 0 saturated heterocycles. The van der Waals surface area contributed by atoms with E-state index in [9.17, 15) is 14.9 Å². The molecule has 0 aromatic heterocycles. The molecule has 2 aromatic carbocycles. The molecule has 0 fully saturated rings. The zero-order chi connectivity index (χ0) is 17.7. The van der Waals surface area contributed by atoms with E-state index >= 15 is 0 Å². The SMILES string of the molecule is CN(C)[C@@H](CNc1ccc(C(N)=O)cc1[N+](=O)[O-])c1ccccc1. The second kappa shape index (κ2) is 7.56. The van der Waals surface area contributed by atoms with Gasteiger partial charge in [-0.25, -0.2) is 0 Å². The van der Waals surface area contributed by atoms with Gasteiger partial charge >= 0.3 is 0 Å². The lowest BCUT2D eigenvalue weighted by molar-refractivity contribution is -0.384. The number of primary amides is 1. The summed E-state index contributed by atoms with van der Waals surface area (Å²) in [6, 6.07) is 14.1. The Morgan fingerprint density at radius 1 is 1.25 bits per heavy atom. The third-order valence-electron chi connectivity index (χ3n) is 3.77. The normalized spacial score (nSPS) is 12.0. The van der Waals surface area contributed by atoms with Gasteiger partial charge in [-0.3, -0.25) is 14.9 Å². The highest BCUT2D eigenvalue weighted by atomic mass is 16.6. The Bertz CT molecular complexity index is 732. The number of rotatable bonds is 7. The smallest absolute Gasteiger partial charge is 0.293 e. The summed E-state index contributed by atoms with van der Waals surface area (Å²) >= 11 is 0. The number of nitro benzene ring substituents is 1. The van der Waals surface area contributed by atoms with Crippen LogP contribution in [0.3, 0.4) is 0 Å². The zero-order valence-corrected chi connectivity index (χ0v) is 13.6. The zero-order valence-electron chi connectivity index (χ0n) is 13.6. The first-order chi connectivity index (χ1) is 11.4. The largest absolute Gasteiger partial charge is 0.378 e. The minimum absolute atomic E-state index is 0.0432. The molecule has 0 heterocycles. The number of carbonyl (C=O) groups excluding carboxylic acids is 1. The van der Waals surface area contributed by atoms with Gasteiger partial charge in [0.15, 0.2) is 0 Å². The van der Waals surface area contributed by atoms with Crippen molar-refractivity contribution >= 4 is 17.3 Å². The van der Waals surface area contributed by atoms with Crippen LogP contribution in [0.25, 0.3) is 0 Å². The van der Waals surface area contributed by atoms with E-state index in [0.29, 0.717) is 12.2 Å². The summed E-state index contributed by atoms with van der Waals surface area (Å²) in [6.45, 7) is 0.480. The van der Waals surface area contributed by atoms with E-state index in [2.05, 4.69) is 5.32 Å². The second-order valence-electron chi connectivity index (χ2n) is 5.62. The molecule has 3 N–H and O–H groups in total. The first-order valence-corrected chi connectivity index (χ1v) is 7.43. The number of hydrogen-bond acceptors (Lipinski definition) is 5. The summed E-state index contributed by atoms with van der Waals surface area (Å²) in [5.41, 5.74) is 6.58. The number of amides is 1. The van der Waals surface area contributed by atoms with Crippen molar-refractivity contribution in [3.05, 3.63) is 69.8 Å². The third kappa shape index (κ3) is 4.08. The molecule has 7 nitrogen and oxygen atoms in total. The lowest BCUT2D eigenvalue weighted by Crippen LogP contribution is -2.27. The highest BCUT2D eigenvalue weighted by molar-refractivity contribution is 5.94. The lowest BCUT2D eigenvalue weighted by Gasteiger charge is -2.25. The Morgan fingerprint density at radius 2 is 1.92 bits per heavy atom. The Kier molecular flexibility index (Phi) is 5.49. The maximum Gasteiger partial charge on any atom is 0.293 e. The van der Waals surface area contributed by atoms with Gasteiger partial charge in [-0.05, 0) is 31.8 Å². The van der Waals surface area contributed by atoms with Crippen molar-refractivity contribution in [2.75, 3.05) is 26.0 Å². The number of hydrogen-bond donors (Lipinski definition) is 2. The molecular formula is C17H20N4O3. The summed E-state index contributed by atoms with van der Waals surface area (Å²) in [6.07, 6.45) is 0. The fourth-order valence-electron chi connectivity index (χ4n) is 2.47. The molecule has 2 aromatic rings. The minimum Gasteiger partial charge on any atom is -0.378 e. The van der Waals surface area contributed by atoms with E-state index < -0.39 is 10.8 Å². The van der Waals surface area contributed by atoms with Crippen LogP contribution >= 0.6 is 0 Å². The Balaban J connectivity index is 2.23. The van der Waals surface area contributed by atoms with Crippen molar-refractivity contribution in [3.63, 3.8) is 0 Å². The highest BCUT2D eigenvalue weighted by Crippen LogP contribution is 2.27. The van der Waals surface area contributed by atoms with Crippen molar-refractivity contribution in [1.82, 2.24) is 4.90 Å². The van der Waals surface area contributed by atoms with Gasteiger partial charge in [-0.15, -0.1) is 0 Å². The van der Waals surface area contributed by atoms with Crippen LogP contribution in [0.15, 0.2) is 48.5 Å². The van der Waals surface area contributed by atoms with Gasteiger partial charge in [-0.1, -0.05) is 30.3 Å². The molecule has 2 rings (SSSR count). The van der Waals surface area contributed by atoms with Gasteiger partial charge in [0.2, 0.25) is 5.91 Å². The lowest BCUT2D eigenvalue weighted by atomic mass is 10.1. The molecule has 24 heavy (non-hydrogen) atoms. The number of anilines is 1. The van der Waals surface area contributed by atoms with E-state index in [1.165, 1.54) is 18.2 Å². The Labute approximate surface area is 140 Å². The number of carbonyl (C=O) groups is 1. The Morgan fingerprint density at radius 3 is 2.46 bits per heavy atom. The van der Waals surface area contributed by atoms with Crippen LogP contribution in [-0.2, 0) is 0 Å². The number of nitrogens with one attached hydrogen (secondary N) is 1. The van der Waals surface area contributed by atoms with Gasteiger partial charge in [0, 0.05) is 18.2 Å². The standard InChI is InChI=1S/C17H20N4O3/c1-20(2)16(12-6-4-3-5-7-12)11-19-14-9-8-13(17(18)22)10-15(14)21(23)24/h3-10,16,19H,11H2,1-2H3,(H2,18,22)/t16-/m0/s1. The van der Waals surface area contributed by atoms with Crippen LogP contribution in [0.1, 0.15) is 22.0 Å². The molecule has 0 bridgehead atoms. The van der Waals surface area contributed by atoms with Crippen LogP contribution in [0.2, 0.25) is 0 Å². The van der Waals surface area contributed by atoms with Crippen LogP contribution in [-0.4, -0.2) is 36.4 Å². The maximum absolute atomic E-state index is 11.2. The van der Waals surface area contributed by atoms with Crippen LogP contribution in [0.5, 0.6) is 0 Å². The summed E-state index contributed by atoms with van der Waals surface area (Å²) in [4.78, 5) is 24.0. The van der Waals surface area contributed by atoms with E-state index in [4.69, 9.17) is 5.73 Å². The van der Waals surface area contributed by atoms with Gasteiger partial charge < -0.3 is 16.0 Å². The summed E-state index contributed by atoms with van der Waals surface area (Å²) in [7, 11) is 3.90.